The summed E-state index contributed by atoms with van der Waals surface area (Å²) < 4.78 is 32.0. The van der Waals surface area contributed by atoms with Gasteiger partial charge in [-0.25, -0.2) is 14.4 Å². The molecule has 10 heteroatoms. The topological polar surface area (TPSA) is 110 Å². The average Bonchev–Trinajstić information content (AvgIpc) is 3.59. The van der Waals surface area contributed by atoms with Crippen molar-refractivity contribution in [2.45, 2.75) is 70.4 Å². The summed E-state index contributed by atoms with van der Waals surface area (Å²) in [4.78, 5) is 23.2. The monoisotopic (exact) mass is 566 g/mol. The molecule has 2 aliphatic rings. The molecule has 5 rings (SSSR count). The van der Waals surface area contributed by atoms with Gasteiger partial charge in [0.15, 0.2) is 17.5 Å². The molecule has 2 N–H and O–H groups in total. The summed E-state index contributed by atoms with van der Waals surface area (Å²) >= 11 is 0. The highest BCUT2D eigenvalue weighted by Gasteiger charge is 2.36. The van der Waals surface area contributed by atoms with Gasteiger partial charge < -0.3 is 24.3 Å². The van der Waals surface area contributed by atoms with Crippen LogP contribution >= 0.6 is 0 Å². The van der Waals surface area contributed by atoms with Crippen molar-refractivity contribution >= 4 is 11.8 Å². The van der Waals surface area contributed by atoms with Crippen LogP contribution < -0.4 is 10.1 Å². The van der Waals surface area contributed by atoms with E-state index in [4.69, 9.17) is 18.9 Å². The van der Waals surface area contributed by atoms with E-state index in [1.807, 2.05) is 4.90 Å². The molecule has 1 aromatic carbocycles. The van der Waals surface area contributed by atoms with E-state index in [-0.39, 0.29) is 17.4 Å². The van der Waals surface area contributed by atoms with Gasteiger partial charge >= 0.3 is 5.97 Å². The molecule has 0 saturated carbocycles. The van der Waals surface area contributed by atoms with Crippen LogP contribution in [0.3, 0.4) is 0 Å². The third-order valence-electron chi connectivity index (χ3n) is 7.84. The maximum Gasteiger partial charge on any atom is 0.325 e. The number of ether oxygens (including phenoxy) is 2. The standard InChI is InChI=1S/C31H39FN4O5/c1-20-34-18-25(41-20)15-21-16-26(29(39-2)27(32)17-21)28(31(37)38)36-13-11-24(19-36)40-14-5-3-4-8-23-10-9-22-7-6-12-33-30(22)35-23/h9-10,16-18,24,28H,3-8,11-15,19H2,1-2H3,(H,33,35)(H,37,38)/t24-,28-/m1/s1. The number of anilines is 1. The Labute approximate surface area is 240 Å². The molecule has 0 aliphatic carbocycles. The van der Waals surface area contributed by atoms with Crippen LogP contribution in [0.4, 0.5) is 10.2 Å². The van der Waals surface area contributed by atoms with Gasteiger partial charge in [-0.05, 0) is 67.9 Å². The second-order valence-corrected chi connectivity index (χ2v) is 10.9. The fraction of sp³-hybridized carbons (Fsp3) is 0.516. The third-order valence-corrected chi connectivity index (χ3v) is 7.84. The molecule has 1 fully saturated rings. The molecule has 2 atom stereocenters. The number of carbonyl (C=O) groups is 1. The number of aliphatic carboxylic acids is 1. The number of carboxylic acids is 1. The zero-order valence-electron chi connectivity index (χ0n) is 23.8. The second-order valence-electron chi connectivity index (χ2n) is 10.9. The molecule has 0 amide bonds. The summed E-state index contributed by atoms with van der Waals surface area (Å²) in [7, 11) is 1.36. The molecule has 3 aromatic rings. The lowest BCUT2D eigenvalue weighted by Crippen LogP contribution is -2.34. The predicted octanol–water partition coefficient (Wildman–Crippen LogP) is 5.10. The van der Waals surface area contributed by atoms with Crippen LogP contribution in [-0.2, 0) is 28.8 Å². The summed E-state index contributed by atoms with van der Waals surface area (Å²) in [6, 6.07) is 6.33. The predicted molar refractivity (Wildman–Crippen MR) is 152 cm³/mol. The number of unbranched alkanes of at least 4 members (excludes halogenated alkanes) is 2. The van der Waals surface area contributed by atoms with Crippen molar-refractivity contribution in [1.82, 2.24) is 14.9 Å². The number of benzene rings is 1. The Balaban J connectivity index is 1.13. The van der Waals surface area contributed by atoms with Crippen LogP contribution in [0.25, 0.3) is 0 Å². The van der Waals surface area contributed by atoms with Crippen LogP contribution in [0.15, 0.2) is 34.9 Å². The van der Waals surface area contributed by atoms with Crippen LogP contribution in [0, 0.1) is 12.7 Å². The van der Waals surface area contributed by atoms with Gasteiger partial charge in [-0.15, -0.1) is 0 Å². The van der Waals surface area contributed by atoms with Gasteiger partial charge in [0.2, 0.25) is 0 Å². The molecule has 0 unspecified atom stereocenters. The fourth-order valence-corrected chi connectivity index (χ4v) is 5.84. The Morgan fingerprint density at radius 3 is 2.95 bits per heavy atom. The number of carboxylic acid groups (broad SMARTS) is 1. The molecule has 2 aromatic heterocycles. The van der Waals surface area contributed by atoms with Gasteiger partial charge in [-0.2, -0.15) is 0 Å². The molecule has 2 aliphatic heterocycles. The Kier molecular flexibility index (Phi) is 9.51. The number of hydrogen-bond donors (Lipinski definition) is 2. The van der Waals surface area contributed by atoms with E-state index in [0.717, 1.165) is 63.0 Å². The molecule has 9 nitrogen and oxygen atoms in total. The van der Waals surface area contributed by atoms with Crippen molar-refractivity contribution < 1.29 is 28.2 Å². The minimum Gasteiger partial charge on any atom is -0.493 e. The highest BCUT2D eigenvalue weighted by atomic mass is 19.1. The van der Waals surface area contributed by atoms with E-state index >= 15 is 4.39 Å². The third kappa shape index (κ3) is 7.23. The lowest BCUT2D eigenvalue weighted by atomic mass is 9.99. The number of methoxy groups -OCH3 is 1. The lowest BCUT2D eigenvalue weighted by Gasteiger charge is -2.26. The number of fused-ring (bicyclic) bond motifs is 1. The average molecular weight is 567 g/mol. The molecule has 41 heavy (non-hydrogen) atoms. The fourth-order valence-electron chi connectivity index (χ4n) is 5.84. The zero-order valence-corrected chi connectivity index (χ0v) is 23.8. The van der Waals surface area contributed by atoms with Gasteiger partial charge in [-0.3, -0.25) is 9.69 Å². The first-order valence-corrected chi connectivity index (χ1v) is 14.5. The van der Waals surface area contributed by atoms with E-state index in [1.165, 1.54) is 18.7 Å². The molecule has 1 saturated heterocycles. The minimum atomic E-state index is -1.05. The Hall–Kier alpha value is -3.50. The molecule has 4 heterocycles. The number of nitrogens with one attached hydrogen (secondary N) is 1. The largest absolute Gasteiger partial charge is 0.493 e. The summed E-state index contributed by atoms with van der Waals surface area (Å²) in [5, 5.41) is 13.6. The number of nitrogens with zero attached hydrogens (tertiary/aromatic N) is 3. The van der Waals surface area contributed by atoms with Crippen molar-refractivity contribution in [3.05, 3.63) is 70.3 Å². The van der Waals surface area contributed by atoms with E-state index in [9.17, 15) is 9.90 Å². The van der Waals surface area contributed by atoms with Gasteiger partial charge in [0.25, 0.3) is 0 Å². The normalized spacial score (nSPS) is 17.7. The number of hydrogen-bond acceptors (Lipinski definition) is 8. The maximum atomic E-state index is 15.0. The van der Waals surface area contributed by atoms with Crippen LogP contribution in [0.2, 0.25) is 0 Å². The molecule has 0 radical (unpaired) electrons. The second kappa shape index (κ2) is 13.4. The molecular formula is C31H39FN4O5. The van der Waals surface area contributed by atoms with Crippen LogP contribution in [-0.4, -0.2) is 65.4 Å². The van der Waals surface area contributed by atoms with Gasteiger partial charge in [0, 0.05) is 50.8 Å². The number of pyridine rings is 1. The Morgan fingerprint density at radius 1 is 1.29 bits per heavy atom. The Bertz CT molecular complexity index is 1350. The van der Waals surface area contributed by atoms with Crippen molar-refractivity contribution in [2.24, 2.45) is 0 Å². The number of likely N-dealkylation sites (tertiary alicyclic amines) is 1. The van der Waals surface area contributed by atoms with Crippen molar-refractivity contribution in [1.29, 1.82) is 0 Å². The van der Waals surface area contributed by atoms with Gasteiger partial charge in [0.05, 0.1) is 19.4 Å². The quantitative estimate of drug-likeness (QED) is 0.273. The Morgan fingerprint density at radius 2 is 2.17 bits per heavy atom. The number of halogens is 1. The minimum absolute atomic E-state index is 0.0523. The van der Waals surface area contributed by atoms with Crippen LogP contribution in [0.5, 0.6) is 5.75 Å². The lowest BCUT2D eigenvalue weighted by molar-refractivity contribution is -0.143. The summed E-state index contributed by atoms with van der Waals surface area (Å²) in [5.41, 5.74) is 3.31. The van der Waals surface area contributed by atoms with E-state index < -0.39 is 17.8 Å². The molecule has 0 spiro atoms. The maximum absolute atomic E-state index is 15.0. The number of aryl methyl sites for hydroxylation is 3. The van der Waals surface area contributed by atoms with Crippen molar-refractivity contribution in [3.8, 4) is 5.75 Å². The summed E-state index contributed by atoms with van der Waals surface area (Å²) in [6.07, 6.45) is 8.76. The van der Waals surface area contributed by atoms with E-state index in [1.54, 1.807) is 19.2 Å². The summed E-state index contributed by atoms with van der Waals surface area (Å²) in [6.45, 7) is 4.35. The van der Waals surface area contributed by atoms with Gasteiger partial charge in [0.1, 0.15) is 17.6 Å². The first-order valence-electron chi connectivity index (χ1n) is 14.5. The zero-order chi connectivity index (χ0) is 28.8. The smallest absolute Gasteiger partial charge is 0.325 e. The highest BCUT2D eigenvalue weighted by Crippen LogP contribution is 2.36. The van der Waals surface area contributed by atoms with E-state index in [2.05, 4.69) is 22.4 Å². The van der Waals surface area contributed by atoms with Crippen LogP contribution in [0.1, 0.15) is 72.2 Å². The van der Waals surface area contributed by atoms with Gasteiger partial charge in [-0.1, -0.05) is 12.5 Å². The summed E-state index contributed by atoms with van der Waals surface area (Å²) in [5.74, 6) is 0.432. The molecular weight excluding hydrogens is 527 g/mol. The number of rotatable bonds is 13. The highest BCUT2D eigenvalue weighted by molar-refractivity contribution is 5.77. The van der Waals surface area contributed by atoms with E-state index in [0.29, 0.717) is 43.3 Å². The first-order chi connectivity index (χ1) is 19.9. The van der Waals surface area contributed by atoms with Crippen molar-refractivity contribution in [3.63, 3.8) is 0 Å². The number of aromatic nitrogens is 2. The SMILES string of the molecule is COc1c(F)cc(Cc2cnc(C)o2)cc1[C@H](C(=O)O)N1CC[C@@H](OCCCCCc2ccc3c(n2)NCCC3)C1. The molecule has 0 bridgehead atoms. The first kappa shape index (κ1) is 29.0. The van der Waals surface area contributed by atoms with Crippen molar-refractivity contribution in [2.75, 3.05) is 38.7 Å². The number of oxazole rings is 1. The molecule has 220 valence electrons.